The minimum absolute atomic E-state index is 0.203. The molecule has 9 heteroatoms. The topological polar surface area (TPSA) is 49.4 Å². The maximum atomic E-state index is 6.38. The van der Waals surface area contributed by atoms with E-state index in [1.54, 1.807) is 0 Å². The molecule has 5 atom stereocenters. The number of halogens is 2. The van der Waals surface area contributed by atoms with Gasteiger partial charge in [0.25, 0.3) is 0 Å². The first-order valence-corrected chi connectivity index (χ1v) is 13.0. The minimum atomic E-state index is -1.92. The van der Waals surface area contributed by atoms with Gasteiger partial charge in [0, 0.05) is 0 Å². The highest BCUT2D eigenvalue weighted by molar-refractivity contribution is 6.69. The van der Waals surface area contributed by atoms with Crippen LogP contribution in [-0.2, 0) is 23.5 Å². The number of hydroxylamine groups is 2. The molecule has 3 heterocycles. The Morgan fingerprint density at radius 3 is 2.08 bits per heavy atom. The summed E-state index contributed by atoms with van der Waals surface area (Å²) in [5.41, 5.74) is 0. The van der Waals surface area contributed by atoms with Crippen LogP contribution in [0, 0.1) is 0 Å². The average Bonchev–Trinajstić information content (AvgIpc) is 2.95. The molecule has 3 saturated heterocycles. The lowest BCUT2D eigenvalue weighted by Crippen LogP contribution is -2.54. The average molecular weight is 414 g/mol. The molecule has 3 aliphatic heterocycles. The van der Waals surface area contributed by atoms with Gasteiger partial charge in [-0.3, -0.25) is 0 Å². The van der Waals surface area contributed by atoms with E-state index in [0.717, 1.165) is 0 Å². The molecule has 0 aromatic carbocycles. The van der Waals surface area contributed by atoms with Crippen molar-refractivity contribution >= 4 is 31.5 Å². The van der Waals surface area contributed by atoms with Gasteiger partial charge in [0.05, 0.1) is 18.7 Å². The van der Waals surface area contributed by atoms with Gasteiger partial charge in [-0.1, -0.05) is 0 Å². The van der Waals surface area contributed by atoms with Crippen LogP contribution in [0.3, 0.4) is 0 Å². The number of fused-ring (bicyclic) bond motifs is 1. The predicted octanol–water partition coefficient (Wildman–Crippen LogP) is 3.28. The summed E-state index contributed by atoms with van der Waals surface area (Å²) < 4.78 is 30.6. The lowest BCUT2D eigenvalue weighted by atomic mass is 10.0. The summed E-state index contributed by atoms with van der Waals surface area (Å²) in [6.45, 7) is 14.4. The van der Waals surface area contributed by atoms with Crippen LogP contribution in [0.2, 0.25) is 19.6 Å². The summed E-state index contributed by atoms with van der Waals surface area (Å²) in [6.07, 6.45) is -0.754. The molecule has 3 fully saturated rings. The molecule has 0 N–H and O–H groups in total. The lowest BCUT2D eigenvalue weighted by molar-refractivity contribution is -0.224. The number of hydrogen-bond acceptors (Lipinski definition) is 6. The SMILES string of the molecule is CC1(C)O[C@@H]2[C@H](O1)[C@@H](C(Cl)Cl)N(O[Si](C)(C)C)[C@H]2[C@@H]1COC(C)(C)O1. The number of nitrogens with zero attached hydrogens (tertiary/aromatic N) is 1. The molecule has 146 valence electrons. The molecule has 0 aliphatic carbocycles. The molecule has 0 amide bonds. The van der Waals surface area contributed by atoms with Gasteiger partial charge in [0.1, 0.15) is 23.1 Å². The van der Waals surface area contributed by atoms with Crippen molar-refractivity contribution in [1.29, 1.82) is 0 Å². The van der Waals surface area contributed by atoms with E-state index in [1.807, 2.05) is 32.8 Å². The normalized spacial score (nSPS) is 40.8. The fourth-order valence-electron chi connectivity index (χ4n) is 3.79. The Morgan fingerprint density at radius 1 is 1.00 bits per heavy atom. The second-order valence-corrected chi connectivity index (χ2v) is 14.4. The van der Waals surface area contributed by atoms with Crippen molar-refractivity contribution in [3.8, 4) is 0 Å². The largest absolute Gasteiger partial charge is 0.348 e. The van der Waals surface area contributed by atoms with Crippen molar-refractivity contribution in [3.05, 3.63) is 0 Å². The fourth-order valence-corrected chi connectivity index (χ4v) is 5.17. The number of hydrogen-bond donors (Lipinski definition) is 0. The van der Waals surface area contributed by atoms with Crippen LogP contribution in [-0.4, -0.2) is 66.8 Å². The molecule has 0 radical (unpaired) electrons. The third-order valence-electron chi connectivity index (χ3n) is 4.47. The van der Waals surface area contributed by atoms with Crippen LogP contribution in [0.25, 0.3) is 0 Å². The molecule has 3 aliphatic rings. The molecule has 3 rings (SSSR count). The van der Waals surface area contributed by atoms with E-state index >= 15 is 0 Å². The van der Waals surface area contributed by atoms with E-state index in [-0.39, 0.29) is 30.4 Å². The van der Waals surface area contributed by atoms with Gasteiger partial charge in [0.2, 0.25) is 8.32 Å². The van der Waals surface area contributed by atoms with Crippen LogP contribution in [0.1, 0.15) is 27.7 Å². The van der Waals surface area contributed by atoms with Crippen LogP contribution >= 0.6 is 23.2 Å². The monoisotopic (exact) mass is 413 g/mol. The van der Waals surface area contributed by atoms with Crippen LogP contribution in [0.4, 0.5) is 0 Å². The third-order valence-corrected chi connectivity index (χ3v) is 5.75. The van der Waals surface area contributed by atoms with E-state index in [4.69, 9.17) is 46.7 Å². The molecule has 0 saturated carbocycles. The Balaban J connectivity index is 1.94. The van der Waals surface area contributed by atoms with Gasteiger partial charge in [-0.05, 0) is 47.3 Å². The molecule has 0 unspecified atom stereocenters. The van der Waals surface area contributed by atoms with E-state index in [1.165, 1.54) is 0 Å². The summed E-state index contributed by atoms with van der Waals surface area (Å²) >= 11 is 12.7. The lowest BCUT2D eigenvalue weighted by Gasteiger charge is -2.39. The second kappa shape index (κ2) is 6.57. The minimum Gasteiger partial charge on any atom is -0.348 e. The highest BCUT2D eigenvalue weighted by Crippen LogP contribution is 2.46. The zero-order valence-electron chi connectivity index (χ0n) is 15.9. The maximum absolute atomic E-state index is 6.38. The Bertz CT molecular complexity index is 513. The number of rotatable bonds is 4. The first-order valence-electron chi connectivity index (χ1n) is 8.73. The number of alkyl halides is 2. The van der Waals surface area contributed by atoms with Gasteiger partial charge in [0.15, 0.2) is 11.6 Å². The zero-order valence-corrected chi connectivity index (χ0v) is 18.4. The van der Waals surface area contributed by atoms with E-state index < -0.39 is 24.7 Å². The van der Waals surface area contributed by atoms with Crippen molar-refractivity contribution in [1.82, 2.24) is 5.06 Å². The maximum Gasteiger partial charge on any atom is 0.212 e. The second-order valence-electron chi connectivity index (χ2n) is 8.81. The highest BCUT2D eigenvalue weighted by Gasteiger charge is 2.63. The summed E-state index contributed by atoms with van der Waals surface area (Å²) in [6, 6.07) is -0.538. The summed E-state index contributed by atoms with van der Waals surface area (Å²) in [7, 11) is -1.92. The molecule has 0 aromatic rings. The molecule has 6 nitrogen and oxygen atoms in total. The Morgan fingerprint density at radius 2 is 1.60 bits per heavy atom. The predicted molar refractivity (Wildman–Crippen MR) is 98.1 cm³/mol. The standard InChI is InChI=1S/C16H29Cl2NO5Si/c1-15(2)20-8-9(21-15)10-12-13(23-16(3,4)22-12)11(14(17)18)19(10)24-25(5,6)7/h9-14H,8H2,1-7H3/t9-,10-,11-,12-,13+/m0/s1. The fraction of sp³-hybridized carbons (Fsp3) is 1.00. The van der Waals surface area contributed by atoms with Crippen LogP contribution in [0.5, 0.6) is 0 Å². The summed E-state index contributed by atoms with van der Waals surface area (Å²) in [5, 5.41) is 1.89. The third kappa shape index (κ3) is 4.20. The Labute approximate surface area is 161 Å². The van der Waals surface area contributed by atoms with Crippen molar-refractivity contribution in [3.63, 3.8) is 0 Å². The first-order chi connectivity index (χ1) is 11.3. The van der Waals surface area contributed by atoms with Gasteiger partial charge in [-0.15, -0.1) is 23.2 Å². The van der Waals surface area contributed by atoms with Gasteiger partial charge < -0.3 is 23.5 Å². The van der Waals surface area contributed by atoms with E-state index in [2.05, 4.69) is 19.6 Å². The highest BCUT2D eigenvalue weighted by atomic mass is 35.5. The zero-order chi connectivity index (χ0) is 18.8. The molecule has 25 heavy (non-hydrogen) atoms. The molecular formula is C16H29Cl2NO5Si. The van der Waals surface area contributed by atoms with Crippen molar-refractivity contribution < 1.29 is 23.5 Å². The first kappa shape index (κ1) is 20.3. The van der Waals surface area contributed by atoms with Crippen LogP contribution in [0.15, 0.2) is 0 Å². The van der Waals surface area contributed by atoms with Crippen molar-refractivity contribution in [2.75, 3.05) is 6.61 Å². The summed E-state index contributed by atoms with van der Waals surface area (Å²) in [4.78, 5) is -0.679. The van der Waals surface area contributed by atoms with Crippen LogP contribution < -0.4 is 0 Å². The molecular weight excluding hydrogens is 385 g/mol. The van der Waals surface area contributed by atoms with Gasteiger partial charge >= 0.3 is 0 Å². The van der Waals surface area contributed by atoms with E-state index in [9.17, 15) is 0 Å². The molecule has 0 aromatic heterocycles. The van der Waals surface area contributed by atoms with Crippen molar-refractivity contribution in [2.24, 2.45) is 0 Å². The Hall–Kier alpha value is 0.557. The number of ether oxygens (including phenoxy) is 4. The van der Waals surface area contributed by atoms with Crippen molar-refractivity contribution in [2.45, 2.75) is 94.1 Å². The summed E-state index contributed by atoms with van der Waals surface area (Å²) in [5.74, 6) is -1.34. The van der Waals surface area contributed by atoms with Gasteiger partial charge in [-0.25, -0.2) is 0 Å². The molecule has 0 spiro atoms. The quantitative estimate of drug-likeness (QED) is 0.520. The smallest absolute Gasteiger partial charge is 0.212 e. The molecule has 0 bridgehead atoms. The van der Waals surface area contributed by atoms with E-state index in [0.29, 0.717) is 6.61 Å². The van der Waals surface area contributed by atoms with Gasteiger partial charge in [-0.2, -0.15) is 5.06 Å². The Kier molecular flexibility index (Phi) is 5.33.